The molecule has 1 aliphatic rings. The van der Waals surface area contributed by atoms with Gasteiger partial charge in [-0.3, -0.25) is 14.8 Å². The highest BCUT2D eigenvalue weighted by Crippen LogP contribution is 2.25. The summed E-state index contributed by atoms with van der Waals surface area (Å²) >= 11 is 0. The molecule has 4 rings (SSSR count). The average Bonchev–Trinajstić information content (AvgIpc) is 3.36. The lowest BCUT2D eigenvalue weighted by Crippen LogP contribution is -2.47. The average molecular weight is 494 g/mol. The zero-order valence-electron chi connectivity index (χ0n) is 19.5. The number of hydrogen-bond donors (Lipinski definition) is 3. The van der Waals surface area contributed by atoms with Crippen molar-refractivity contribution in [2.45, 2.75) is 18.6 Å². The first-order valence-electron chi connectivity index (χ1n) is 11.3. The second-order valence-electron chi connectivity index (χ2n) is 8.25. The van der Waals surface area contributed by atoms with Gasteiger partial charge in [-0.15, -0.1) is 0 Å². The zero-order valence-corrected chi connectivity index (χ0v) is 19.5. The van der Waals surface area contributed by atoms with Gasteiger partial charge in [-0.2, -0.15) is 0 Å². The van der Waals surface area contributed by atoms with Gasteiger partial charge < -0.3 is 20.3 Å². The second-order valence-corrected chi connectivity index (χ2v) is 8.25. The summed E-state index contributed by atoms with van der Waals surface area (Å²) in [6, 6.07) is 12.3. The smallest absolute Gasteiger partial charge is 0.252 e. The van der Waals surface area contributed by atoms with E-state index >= 15 is 4.39 Å². The SMILES string of the molecule is CO[C@@H](CO)[C@H](Cc1ncccc1O)NC(=O)c1cccc(F)c1C1=NCC(c2ccc(F)cc2)=C1. The first-order valence-corrected chi connectivity index (χ1v) is 11.3. The lowest BCUT2D eigenvalue weighted by atomic mass is 9.98. The minimum atomic E-state index is -0.804. The van der Waals surface area contributed by atoms with E-state index in [1.54, 1.807) is 24.3 Å². The van der Waals surface area contributed by atoms with E-state index in [0.717, 1.165) is 11.1 Å². The van der Waals surface area contributed by atoms with E-state index in [1.807, 2.05) is 0 Å². The van der Waals surface area contributed by atoms with Crippen LogP contribution in [0.3, 0.4) is 0 Å². The molecule has 3 N–H and O–H groups in total. The Morgan fingerprint density at radius 1 is 1.14 bits per heavy atom. The van der Waals surface area contributed by atoms with Gasteiger partial charge in [0, 0.05) is 25.3 Å². The summed E-state index contributed by atoms with van der Waals surface area (Å²) in [6.07, 6.45) is 2.44. The molecule has 0 bridgehead atoms. The first-order chi connectivity index (χ1) is 17.4. The maximum atomic E-state index is 15.0. The van der Waals surface area contributed by atoms with E-state index in [0.29, 0.717) is 11.4 Å². The van der Waals surface area contributed by atoms with E-state index in [4.69, 9.17) is 4.74 Å². The van der Waals surface area contributed by atoms with Gasteiger partial charge in [0.05, 0.1) is 36.2 Å². The molecule has 0 saturated heterocycles. The number of aromatic nitrogens is 1. The number of ether oxygens (including phenoxy) is 1. The number of hydrogen-bond acceptors (Lipinski definition) is 6. The summed E-state index contributed by atoms with van der Waals surface area (Å²) < 4.78 is 33.7. The van der Waals surface area contributed by atoms with Crippen molar-refractivity contribution in [1.82, 2.24) is 10.3 Å². The molecule has 0 saturated carbocycles. The molecule has 9 heteroatoms. The summed E-state index contributed by atoms with van der Waals surface area (Å²) in [5.41, 5.74) is 2.20. The fourth-order valence-corrected chi connectivity index (χ4v) is 4.07. The second kappa shape index (κ2) is 11.2. The molecule has 0 radical (unpaired) electrons. The Balaban J connectivity index is 1.63. The molecule has 0 spiro atoms. The van der Waals surface area contributed by atoms with Gasteiger partial charge in [-0.05, 0) is 53.6 Å². The highest BCUT2D eigenvalue weighted by Gasteiger charge is 2.28. The molecule has 2 heterocycles. The molecule has 1 aliphatic heterocycles. The third kappa shape index (κ3) is 5.48. The van der Waals surface area contributed by atoms with Crippen molar-refractivity contribution in [1.29, 1.82) is 0 Å². The lowest BCUT2D eigenvalue weighted by Gasteiger charge is -2.26. The number of aliphatic hydroxyl groups excluding tert-OH is 1. The molecule has 3 aromatic rings. The molecule has 1 aromatic heterocycles. The molecular formula is C27H25F2N3O4. The van der Waals surface area contributed by atoms with E-state index in [-0.39, 0.29) is 35.7 Å². The predicted molar refractivity (Wildman–Crippen MR) is 131 cm³/mol. The Hall–Kier alpha value is -3.95. The number of pyridine rings is 1. The van der Waals surface area contributed by atoms with E-state index in [2.05, 4.69) is 15.3 Å². The van der Waals surface area contributed by atoms with Crippen LogP contribution >= 0.6 is 0 Å². The Bertz CT molecular complexity index is 1300. The van der Waals surface area contributed by atoms with Crippen LogP contribution in [-0.4, -0.2) is 59.2 Å². The van der Waals surface area contributed by atoms with Crippen LogP contribution in [0.5, 0.6) is 5.75 Å². The number of nitrogens with zero attached hydrogens (tertiary/aromatic N) is 2. The Morgan fingerprint density at radius 3 is 2.61 bits per heavy atom. The number of aliphatic hydroxyl groups is 1. The molecule has 1 amide bonds. The number of halogens is 2. The van der Waals surface area contributed by atoms with E-state index < -0.39 is 30.5 Å². The number of methoxy groups -OCH3 is 1. The number of aromatic hydroxyl groups is 1. The highest BCUT2D eigenvalue weighted by atomic mass is 19.1. The quantitative estimate of drug-likeness (QED) is 0.424. The van der Waals surface area contributed by atoms with Crippen LogP contribution in [0.2, 0.25) is 0 Å². The van der Waals surface area contributed by atoms with Gasteiger partial charge in [0.25, 0.3) is 5.91 Å². The Kier molecular flexibility index (Phi) is 7.82. The molecule has 0 aliphatic carbocycles. The van der Waals surface area contributed by atoms with Crippen molar-refractivity contribution >= 4 is 17.2 Å². The van der Waals surface area contributed by atoms with Gasteiger partial charge >= 0.3 is 0 Å². The van der Waals surface area contributed by atoms with Crippen molar-refractivity contribution < 1.29 is 28.5 Å². The molecule has 186 valence electrons. The van der Waals surface area contributed by atoms with Crippen LogP contribution in [0.4, 0.5) is 8.78 Å². The number of carbonyl (C=O) groups is 1. The van der Waals surface area contributed by atoms with Gasteiger partial charge in [0.15, 0.2) is 0 Å². The number of carbonyl (C=O) groups excluding carboxylic acids is 1. The summed E-state index contributed by atoms with van der Waals surface area (Å²) in [7, 11) is 1.39. The number of amides is 1. The van der Waals surface area contributed by atoms with Gasteiger partial charge in [-0.1, -0.05) is 18.2 Å². The van der Waals surface area contributed by atoms with Crippen LogP contribution in [0.15, 0.2) is 71.9 Å². The number of benzene rings is 2. The summed E-state index contributed by atoms with van der Waals surface area (Å²) in [5, 5.41) is 22.7. The number of nitrogens with one attached hydrogen (secondary N) is 1. The topological polar surface area (TPSA) is 104 Å². The van der Waals surface area contributed by atoms with E-state index in [9.17, 15) is 19.4 Å². The van der Waals surface area contributed by atoms with Crippen LogP contribution < -0.4 is 5.32 Å². The summed E-state index contributed by atoms with van der Waals surface area (Å²) in [4.78, 5) is 21.9. The minimum absolute atomic E-state index is 0.0320. The van der Waals surface area contributed by atoms with Crippen molar-refractivity contribution in [2.75, 3.05) is 20.3 Å². The Morgan fingerprint density at radius 2 is 1.92 bits per heavy atom. The normalized spacial score (nSPS) is 14.7. The third-order valence-corrected chi connectivity index (χ3v) is 5.99. The van der Waals surface area contributed by atoms with Crippen LogP contribution in [0.25, 0.3) is 5.57 Å². The van der Waals surface area contributed by atoms with Crippen molar-refractivity contribution in [3.63, 3.8) is 0 Å². The van der Waals surface area contributed by atoms with Crippen molar-refractivity contribution in [3.8, 4) is 5.75 Å². The first kappa shape index (κ1) is 25.2. The molecular weight excluding hydrogens is 468 g/mol. The number of allylic oxidation sites excluding steroid dienone is 1. The summed E-state index contributed by atoms with van der Waals surface area (Å²) in [6.45, 7) is -0.143. The Labute approximate surface area is 206 Å². The maximum absolute atomic E-state index is 15.0. The fourth-order valence-electron chi connectivity index (χ4n) is 4.07. The molecule has 36 heavy (non-hydrogen) atoms. The summed E-state index contributed by atoms with van der Waals surface area (Å²) in [5.74, 6) is -1.65. The van der Waals surface area contributed by atoms with Crippen molar-refractivity contribution in [3.05, 3.63) is 101 Å². The zero-order chi connectivity index (χ0) is 25.7. The molecule has 7 nitrogen and oxygen atoms in total. The largest absolute Gasteiger partial charge is 0.506 e. The maximum Gasteiger partial charge on any atom is 0.252 e. The fraction of sp³-hybridized carbons (Fsp3) is 0.222. The van der Waals surface area contributed by atoms with Crippen LogP contribution in [0.1, 0.15) is 27.2 Å². The molecule has 2 atom stereocenters. The van der Waals surface area contributed by atoms with Crippen LogP contribution in [-0.2, 0) is 11.2 Å². The highest BCUT2D eigenvalue weighted by molar-refractivity contribution is 6.19. The van der Waals surface area contributed by atoms with Gasteiger partial charge in [0.1, 0.15) is 23.5 Å². The predicted octanol–water partition coefficient (Wildman–Crippen LogP) is 3.30. The lowest BCUT2D eigenvalue weighted by molar-refractivity contribution is 0.0212. The van der Waals surface area contributed by atoms with Crippen LogP contribution in [0, 0.1) is 11.6 Å². The van der Waals surface area contributed by atoms with Gasteiger partial charge in [-0.25, -0.2) is 8.78 Å². The van der Waals surface area contributed by atoms with E-state index in [1.165, 1.54) is 49.7 Å². The molecule has 2 aromatic carbocycles. The third-order valence-electron chi connectivity index (χ3n) is 5.99. The molecule has 0 unspecified atom stereocenters. The minimum Gasteiger partial charge on any atom is -0.506 e. The number of rotatable bonds is 9. The van der Waals surface area contributed by atoms with Gasteiger partial charge in [0.2, 0.25) is 0 Å². The number of aliphatic imine (C=N–C) groups is 1. The monoisotopic (exact) mass is 493 g/mol. The van der Waals surface area contributed by atoms with Crippen molar-refractivity contribution in [2.24, 2.45) is 4.99 Å². The molecule has 0 fully saturated rings. The standard InChI is InChI=1S/C27H25F2N3O4/c1-36-25(15-33)22(13-21-24(34)6-3-11-30-21)32-27(35)19-4-2-5-20(29)26(19)23-12-17(14-31-23)16-7-9-18(28)10-8-16/h2-12,22,25,33-34H,13-15H2,1H3,(H,32,35)/t22-,25-/m0/s1.